The number of rotatable bonds is 4. The lowest BCUT2D eigenvalue weighted by molar-refractivity contribution is 0.845. The zero-order chi connectivity index (χ0) is 37.5. The molecule has 270 valence electrons. The van der Waals surface area contributed by atoms with Crippen molar-refractivity contribution in [3.63, 3.8) is 0 Å². The van der Waals surface area contributed by atoms with Crippen molar-refractivity contribution in [2.45, 2.75) is 18.9 Å². The van der Waals surface area contributed by atoms with Crippen LogP contribution >= 0.6 is 0 Å². The lowest BCUT2D eigenvalue weighted by Crippen LogP contribution is -2.26. The molecule has 0 spiro atoms. The van der Waals surface area contributed by atoms with Gasteiger partial charge in [0, 0.05) is 67.4 Å². The third-order valence-corrected chi connectivity index (χ3v) is 12.0. The molecule has 0 saturated carbocycles. The molecule has 12 rings (SSSR count). The van der Waals surface area contributed by atoms with Gasteiger partial charge in [0.15, 0.2) is 0 Å². The van der Waals surface area contributed by atoms with Crippen LogP contribution in [0.3, 0.4) is 0 Å². The Hall–Kier alpha value is -7.37. The summed E-state index contributed by atoms with van der Waals surface area (Å²) in [6, 6.07) is 58.8. The molecule has 57 heavy (non-hydrogen) atoms. The van der Waals surface area contributed by atoms with E-state index in [9.17, 15) is 0 Å². The zero-order valence-corrected chi connectivity index (χ0v) is 31.1. The van der Waals surface area contributed by atoms with Gasteiger partial charge < -0.3 is 20.0 Å². The van der Waals surface area contributed by atoms with Crippen molar-refractivity contribution < 1.29 is 0 Å². The van der Waals surface area contributed by atoms with Crippen molar-refractivity contribution in [2.75, 3.05) is 0 Å². The van der Waals surface area contributed by atoms with Gasteiger partial charge in [-0.1, -0.05) is 133 Å². The molecule has 3 N–H and O–H groups in total. The van der Waals surface area contributed by atoms with E-state index in [0.717, 1.165) is 74.7 Å². The van der Waals surface area contributed by atoms with Gasteiger partial charge in [0.25, 0.3) is 0 Å². The van der Waals surface area contributed by atoms with E-state index < -0.39 is 0 Å². The number of aromatic nitrogens is 2. The molecule has 8 bridgehead atoms. The predicted molar refractivity (Wildman–Crippen MR) is 233 cm³/mol. The summed E-state index contributed by atoms with van der Waals surface area (Å²) in [5.41, 5.74) is 22.7. The first kappa shape index (κ1) is 31.9. The highest BCUT2D eigenvalue weighted by Crippen LogP contribution is 2.48. The van der Waals surface area contributed by atoms with Gasteiger partial charge in [0.2, 0.25) is 0 Å². The summed E-state index contributed by atoms with van der Waals surface area (Å²) in [4.78, 5) is 9.84. The van der Waals surface area contributed by atoms with Crippen LogP contribution in [0, 0.1) is 0 Å². The molecule has 8 heterocycles. The van der Waals surface area contributed by atoms with Crippen LogP contribution in [-0.4, -0.2) is 21.1 Å². The van der Waals surface area contributed by atoms with Crippen molar-refractivity contribution in [1.29, 1.82) is 0 Å². The number of aliphatic imine (C=N–C) groups is 1. The number of aromatic amines is 1. The number of fused-ring (bicyclic) bond motifs is 12. The van der Waals surface area contributed by atoms with Crippen LogP contribution in [0.5, 0.6) is 0 Å². The van der Waals surface area contributed by atoms with Gasteiger partial charge in [0.05, 0.1) is 28.5 Å². The van der Waals surface area contributed by atoms with Crippen LogP contribution in [-0.2, 0) is 0 Å². The number of allylic oxidation sites excluding steroid dienone is 4. The summed E-state index contributed by atoms with van der Waals surface area (Å²) < 4.78 is 2.42. The smallest absolute Gasteiger partial charge is 0.0837 e. The Balaban J connectivity index is 1.23. The second-order valence-corrected chi connectivity index (χ2v) is 15.2. The maximum absolute atomic E-state index is 5.87. The van der Waals surface area contributed by atoms with Gasteiger partial charge in [-0.05, 0) is 77.6 Å². The van der Waals surface area contributed by atoms with E-state index >= 15 is 0 Å². The summed E-state index contributed by atoms with van der Waals surface area (Å²) >= 11 is 0. The first-order valence-electron chi connectivity index (χ1n) is 19.8. The van der Waals surface area contributed by atoms with Crippen LogP contribution in [0.2, 0.25) is 0 Å². The predicted octanol–water partition coefficient (Wildman–Crippen LogP) is 11.1. The van der Waals surface area contributed by atoms with Crippen molar-refractivity contribution in [3.05, 3.63) is 238 Å². The minimum Gasteiger partial charge on any atom is -0.374 e. The van der Waals surface area contributed by atoms with Crippen molar-refractivity contribution in [2.24, 2.45) is 4.99 Å². The Morgan fingerprint density at radius 2 is 1.11 bits per heavy atom. The number of hydrogen-bond acceptors (Lipinski definition) is 3. The topological polar surface area (TPSA) is 56.6 Å². The number of hydrogen-bond donors (Lipinski definition) is 3. The molecule has 1 saturated heterocycles. The number of pyridine rings is 1. The Labute approximate surface area is 330 Å². The maximum atomic E-state index is 5.87. The van der Waals surface area contributed by atoms with Gasteiger partial charge in [0.1, 0.15) is 0 Å². The SMILES string of the molecule is C1=CC2N/C1=C(/c1ccccc1)c1ccc([nH]1)/C(c1ccccc1)=C1N=C(/C(c3ccccc3)=C3/CC/C(=C/2c2ccccc2)N3)c2c\1c1ccc3cccc2n31. The fourth-order valence-electron chi connectivity index (χ4n) is 9.59. The molecule has 4 aliphatic heterocycles. The molecule has 1 unspecified atom stereocenters. The molecule has 0 radical (unpaired) electrons. The number of nitrogens with zero attached hydrogens (tertiary/aromatic N) is 2. The first-order valence-corrected chi connectivity index (χ1v) is 19.8. The molecule has 4 aromatic carbocycles. The maximum Gasteiger partial charge on any atom is 0.0837 e. The van der Waals surface area contributed by atoms with Gasteiger partial charge in [-0.25, -0.2) is 4.99 Å². The number of nitrogens with one attached hydrogen (secondary N) is 3. The minimum atomic E-state index is -0.0340. The summed E-state index contributed by atoms with van der Waals surface area (Å²) in [5.74, 6) is 0. The Kier molecular flexibility index (Phi) is 7.05. The number of H-pyrrole nitrogens is 1. The van der Waals surface area contributed by atoms with Crippen LogP contribution in [0.1, 0.15) is 57.6 Å². The molecule has 4 aromatic heterocycles. The minimum absolute atomic E-state index is 0.0340. The van der Waals surface area contributed by atoms with Gasteiger partial charge in [-0.3, -0.25) is 0 Å². The van der Waals surface area contributed by atoms with Gasteiger partial charge in [-0.15, -0.1) is 0 Å². The molecule has 8 aromatic rings. The fourth-order valence-corrected chi connectivity index (χ4v) is 9.59. The second kappa shape index (κ2) is 12.6. The normalized spacial score (nSPS) is 22.6. The summed E-state index contributed by atoms with van der Waals surface area (Å²) in [7, 11) is 0. The monoisotopic (exact) mass is 731 g/mol. The van der Waals surface area contributed by atoms with E-state index in [1.165, 1.54) is 50.2 Å². The van der Waals surface area contributed by atoms with Crippen molar-refractivity contribution in [3.8, 4) is 0 Å². The lowest BCUT2D eigenvalue weighted by atomic mass is 9.92. The zero-order valence-electron chi connectivity index (χ0n) is 31.1. The lowest BCUT2D eigenvalue weighted by Gasteiger charge is -2.21. The molecule has 4 aliphatic rings. The van der Waals surface area contributed by atoms with Crippen LogP contribution in [0.25, 0.3) is 44.5 Å². The van der Waals surface area contributed by atoms with E-state index in [-0.39, 0.29) is 6.04 Å². The highest BCUT2D eigenvalue weighted by Gasteiger charge is 2.36. The summed E-state index contributed by atoms with van der Waals surface area (Å²) in [6.07, 6.45) is 6.35. The van der Waals surface area contributed by atoms with E-state index in [1.807, 2.05) is 0 Å². The standard InChI is InChI=1S/C52H37N5/c1-5-14-32(15-6-1)45-37-25-26-38(53-37)46(33-16-7-2-8-17-33)40-28-30-42(55-40)48(35-20-11-4-12-21-35)52-50-44-31-24-36-22-13-23-43(57(36)44)49(50)51(56-52)47(34-18-9-3-10-19-34)41-29-27-39(45)54-41/h1-26,28,30-31,37,53-55H,27,29H2/b45-39-,46-38-,47-41-,52-48-. The molecule has 0 aliphatic carbocycles. The Morgan fingerprint density at radius 1 is 0.509 bits per heavy atom. The van der Waals surface area contributed by atoms with Crippen LogP contribution in [0.15, 0.2) is 198 Å². The highest BCUT2D eigenvalue weighted by molar-refractivity contribution is 6.41. The van der Waals surface area contributed by atoms with Crippen LogP contribution < -0.4 is 10.6 Å². The largest absolute Gasteiger partial charge is 0.374 e. The summed E-state index contributed by atoms with van der Waals surface area (Å²) in [6.45, 7) is 0. The molecular weight excluding hydrogens is 695 g/mol. The third kappa shape index (κ3) is 4.92. The van der Waals surface area contributed by atoms with Crippen molar-refractivity contribution >= 4 is 50.3 Å². The molecule has 1 atom stereocenters. The molecular formula is C52H37N5. The van der Waals surface area contributed by atoms with E-state index in [4.69, 9.17) is 4.99 Å². The molecule has 5 nitrogen and oxygen atoms in total. The van der Waals surface area contributed by atoms with Crippen LogP contribution in [0.4, 0.5) is 0 Å². The van der Waals surface area contributed by atoms with Gasteiger partial charge in [-0.2, -0.15) is 0 Å². The quantitative estimate of drug-likeness (QED) is 0.169. The summed E-state index contributed by atoms with van der Waals surface area (Å²) in [5, 5.41) is 8.09. The fraction of sp³-hybridized carbons (Fsp3) is 0.0577. The highest BCUT2D eigenvalue weighted by atomic mass is 15.0. The van der Waals surface area contributed by atoms with E-state index in [2.05, 4.69) is 196 Å². The average Bonchev–Trinajstić information content (AvgIpc) is 4.13. The van der Waals surface area contributed by atoms with E-state index in [0.29, 0.717) is 0 Å². The average molecular weight is 732 g/mol. The first-order chi connectivity index (χ1) is 28.3. The third-order valence-electron chi connectivity index (χ3n) is 12.0. The molecule has 0 amide bonds. The molecule has 5 heteroatoms. The second-order valence-electron chi connectivity index (χ2n) is 15.2. The number of benzene rings is 4. The van der Waals surface area contributed by atoms with E-state index in [1.54, 1.807) is 0 Å². The van der Waals surface area contributed by atoms with Crippen molar-refractivity contribution in [1.82, 2.24) is 20.0 Å². The Bertz CT molecular complexity index is 3080. The molecule has 1 fully saturated rings. The van der Waals surface area contributed by atoms with Gasteiger partial charge >= 0.3 is 0 Å². The Morgan fingerprint density at radius 3 is 1.81 bits per heavy atom.